The Kier molecular flexibility index (Phi) is 3.96. The molecule has 1 atom stereocenters. The molecular formula is C17H18N2O4S. The van der Waals surface area contributed by atoms with E-state index >= 15 is 0 Å². The fourth-order valence-corrected chi connectivity index (χ4v) is 4.05. The van der Waals surface area contributed by atoms with E-state index in [0.29, 0.717) is 11.4 Å². The Morgan fingerprint density at radius 3 is 2.38 bits per heavy atom. The number of aryl methyl sites for hydroxylation is 2. The van der Waals surface area contributed by atoms with Crippen LogP contribution in [0, 0.1) is 13.8 Å². The van der Waals surface area contributed by atoms with E-state index in [1.807, 2.05) is 13.8 Å². The van der Waals surface area contributed by atoms with Gasteiger partial charge in [0.05, 0.1) is 17.1 Å². The monoisotopic (exact) mass is 346 g/mol. The zero-order chi connectivity index (χ0) is 17.5. The van der Waals surface area contributed by atoms with E-state index in [9.17, 15) is 13.2 Å². The maximum absolute atomic E-state index is 13.0. The molecule has 0 bridgehead atoms. The second-order valence-electron chi connectivity index (χ2n) is 5.83. The van der Waals surface area contributed by atoms with Crippen molar-refractivity contribution in [3.8, 4) is 5.75 Å². The van der Waals surface area contributed by atoms with Crippen LogP contribution in [0.15, 0.2) is 47.4 Å². The number of carbonyl (C=O) groups is 1. The molecule has 24 heavy (non-hydrogen) atoms. The summed E-state index contributed by atoms with van der Waals surface area (Å²) in [5, 5.41) is 0. The Bertz CT molecular complexity index is 891. The van der Waals surface area contributed by atoms with Crippen molar-refractivity contribution < 1.29 is 17.9 Å². The van der Waals surface area contributed by atoms with Gasteiger partial charge in [-0.1, -0.05) is 23.8 Å². The van der Waals surface area contributed by atoms with Crippen molar-refractivity contribution in [3.63, 3.8) is 0 Å². The number of carbonyl (C=O) groups excluding carboxylic acids is 1. The summed E-state index contributed by atoms with van der Waals surface area (Å²) in [6.07, 6.45) is -1.03. The van der Waals surface area contributed by atoms with Gasteiger partial charge in [0.25, 0.3) is 15.9 Å². The zero-order valence-corrected chi connectivity index (χ0v) is 14.2. The summed E-state index contributed by atoms with van der Waals surface area (Å²) in [5.74, 6) is -0.369. The smallest absolute Gasteiger partial charge is 0.264 e. The third-order valence-corrected chi connectivity index (χ3v) is 5.71. The van der Waals surface area contributed by atoms with Gasteiger partial charge in [-0.15, -0.1) is 0 Å². The highest BCUT2D eigenvalue weighted by Gasteiger charge is 2.36. The molecule has 0 radical (unpaired) electrons. The first-order valence-corrected chi connectivity index (χ1v) is 8.89. The van der Waals surface area contributed by atoms with Crippen LogP contribution in [0.2, 0.25) is 0 Å². The molecule has 1 aliphatic heterocycles. The van der Waals surface area contributed by atoms with Gasteiger partial charge in [0.2, 0.25) is 0 Å². The molecule has 0 aromatic heterocycles. The number of nitrogens with zero attached hydrogens (tertiary/aromatic N) is 1. The van der Waals surface area contributed by atoms with Gasteiger partial charge < -0.3 is 10.5 Å². The summed E-state index contributed by atoms with van der Waals surface area (Å²) in [6, 6.07) is 11.7. The first kappa shape index (κ1) is 16.3. The third-order valence-electron chi connectivity index (χ3n) is 3.91. The summed E-state index contributed by atoms with van der Waals surface area (Å²) in [5.41, 5.74) is 7.60. The number of ether oxygens (including phenoxy) is 1. The van der Waals surface area contributed by atoms with Crippen LogP contribution in [-0.4, -0.2) is 27.0 Å². The van der Waals surface area contributed by atoms with Crippen LogP contribution in [0.3, 0.4) is 0 Å². The number of rotatable bonds is 3. The van der Waals surface area contributed by atoms with E-state index in [4.69, 9.17) is 10.5 Å². The van der Waals surface area contributed by atoms with Crippen LogP contribution in [-0.2, 0) is 14.8 Å². The predicted octanol–water partition coefficient (Wildman–Crippen LogP) is 1.75. The molecule has 1 aliphatic rings. The van der Waals surface area contributed by atoms with Crippen molar-refractivity contribution in [1.82, 2.24) is 0 Å². The molecule has 3 rings (SSSR count). The number of primary amides is 1. The van der Waals surface area contributed by atoms with Crippen molar-refractivity contribution in [2.75, 3.05) is 10.8 Å². The Morgan fingerprint density at radius 2 is 1.75 bits per heavy atom. The number of benzene rings is 2. The van der Waals surface area contributed by atoms with Gasteiger partial charge in [-0.2, -0.15) is 0 Å². The second kappa shape index (κ2) is 5.83. The maximum Gasteiger partial charge on any atom is 0.264 e. The Balaban J connectivity index is 2.12. The highest BCUT2D eigenvalue weighted by Crippen LogP contribution is 2.37. The molecule has 0 saturated heterocycles. The fraction of sp³-hybridized carbons (Fsp3) is 0.235. The second-order valence-corrected chi connectivity index (χ2v) is 7.69. The molecule has 1 amide bonds. The molecule has 7 heteroatoms. The Morgan fingerprint density at radius 1 is 1.12 bits per heavy atom. The van der Waals surface area contributed by atoms with Gasteiger partial charge in [-0.3, -0.25) is 9.10 Å². The molecule has 0 fully saturated rings. The first-order valence-electron chi connectivity index (χ1n) is 7.45. The Labute approximate surface area is 140 Å². The minimum atomic E-state index is -3.83. The molecule has 0 unspecified atom stereocenters. The summed E-state index contributed by atoms with van der Waals surface area (Å²) >= 11 is 0. The first-order chi connectivity index (χ1) is 11.3. The normalized spacial score (nSPS) is 17.1. The fourth-order valence-electron chi connectivity index (χ4n) is 2.57. The lowest BCUT2D eigenvalue weighted by molar-refractivity contribution is -0.124. The average molecular weight is 346 g/mol. The van der Waals surface area contributed by atoms with Gasteiger partial charge in [0, 0.05) is 0 Å². The molecule has 0 saturated carbocycles. The third kappa shape index (κ3) is 2.82. The van der Waals surface area contributed by atoms with Crippen molar-refractivity contribution in [2.45, 2.75) is 24.8 Å². The van der Waals surface area contributed by atoms with E-state index in [0.717, 1.165) is 11.1 Å². The predicted molar refractivity (Wildman–Crippen MR) is 90.5 cm³/mol. The van der Waals surface area contributed by atoms with Gasteiger partial charge in [-0.25, -0.2) is 8.42 Å². The van der Waals surface area contributed by atoms with E-state index < -0.39 is 22.0 Å². The molecule has 126 valence electrons. The number of hydrogen-bond acceptors (Lipinski definition) is 4. The van der Waals surface area contributed by atoms with Crippen LogP contribution in [0.25, 0.3) is 0 Å². The van der Waals surface area contributed by atoms with E-state index in [1.165, 1.54) is 4.31 Å². The van der Waals surface area contributed by atoms with Crippen molar-refractivity contribution in [2.24, 2.45) is 5.73 Å². The van der Waals surface area contributed by atoms with Crippen LogP contribution < -0.4 is 14.8 Å². The number of anilines is 1. The number of amides is 1. The SMILES string of the molecule is Cc1ccc(S(=O)(=O)N2C[C@H](C(N)=O)Oc3cc(C)ccc32)cc1. The summed E-state index contributed by atoms with van der Waals surface area (Å²) < 4.78 is 32.8. The minimum Gasteiger partial charge on any atom is -0.476 e. The van der Waals surface area contributed by atoms with Crippen LogP contribution >= 0.6 is 0 Å². The molecule has 2 aromatic carbocycles. The molecule has 6 nitrogen and oxygen atoms in total. The standard InChI is InChI=1S/C17H18N2O4S/c1-11-3-6-13(7-4-11)24(21,22)19-10-16(17(18)20)23-15-9-12(2)5-8-14(15)19/h3-9,16H,10H2,1-2H3,(H2,18,20)/t16-/m1/s1. The van der Waals surface area contributed by atoms with Crippen molar-refractivity contribution in [3.05, 3.63) is 53.6 Å². The minimum absolute atomic E-state index is 0.151. The van der Waals surface area contributed by atoms with Gasteiger partial charge >= 0.3 is 0 Å². The average Bonchev–Trinajstić information content (AvgIpc) is 2.53. The number of fused-ring (bicyclic) bond motifs is 1. The largest absolute Gasteiger partial charge is 0.476 e. The molecule has 1 heterocycles. The number of nitrogens with two attached hydrogens (primary N) is 1. The highest BCUT2D eigenvalue weighted by molar-refractivity contribution is 7.92. The quantitative estimate of drug-likeness (QED) is 0.917. The van der Waals surface area contributed by atoms with E-state index in [1.54, 1.807) is 42.5 Å². The van der Waals surface area contributed by atoms with E-state index in [-0.39, 0.29) is 11.4 Å². The maximum atomic E-state index is 13.0. The number of sulfonamides is 1. The lowest BCUT2D eigenvalue weighted by Crippen LogP contribution is -2.49. The van der Waals surface area contributed by atoms with Crippen LogP contribution in [0.5, 0.6) is 5.75 Å². The summed E-state index contributed by atoms with van der Waals surface area (Å²) in [4.78, 5) is 11.7. The van der Waals surface area contributed by atoms with Crippen molar-refractivity contribution in [1.29, 1.82) is 0 Å². The number of hydrogen-bond donors (Lipinski definition) is 1. The molecule has 2 aromatic rings. The topological polar surface area (TPSA) is 89.7 Å². The summed E-state index contributed by atoms with van der Waals surface area (Å²) in [7, 11) is -3.83. The lowest BCUT2D eigenvalue weighted by Gasteiger charge is -2.34. The van der Waals surface area contributed by atoms with Crippen LogP contribution in [0.4, 0.5) is 5.69 Å². The molecular weight excluding hydrogens is 328 g/mol. The highest BCUT2D eigenvalue weighted by atomic mass is 32.2. The zero-order valence-electron chi connectivity index (χ0n) is 13.4. The van der Waals surface area contributed by atoms with E-state index in [2.05, 4.69) is 0 Å². The van der Waals surface area contributed by atoms with Gasteiger partial charge in [0.15, 0.2) is 6.10 Å². The van der Waals surface area contributed by atoms with Gasteiger partial charge in [-0.05, 0) is 43.7 Å². The van der Waals surface area contributed by atoms with Gasteiger partial charge in [0.1, 0.15) is 5.75 Å². The van der Waals surface area contributed by atoms with Crippen molar-refractivity contribution >= 4 is 21.6 Å². The molecule has 0 aliphatic carbocycles. The lowest BCUT2D eigenvalue weighted by atomic mass is 10.1. The molecule has 2 N–H and O–H groups in total. The molecule has 0 spiro atoms. The Hall–Kier alpha value is -2.54. The summed E-state index contributed by atoms with van der Waals surface area (Å²) in [6.45, 7) is 3.59. The van der Waals surface area contributed by atoms with Crippen LogP contribution in [0.1, 0.15) is 11.1 Å².